The van der Waals surface area contributed by atoms with Crippen LogP contribution in [0, 0.1) is 5.92 Å². The fraction of sp³-hybridized carbons (Fsp3) is 0.353. The van der Waals surface area contributed by atoms with Crippen molar-refractivity contribution < 1.29 is 19.1 Å². The van der Waals surface area contributed by atoms with Crippen molar-refractivity contribution in [2.75, 3.05) is 7.11 Å². The van der Waals surface area contributed by atoms with Gasteiger partial charge in [-0.05, 0) is 24.1 Å². The lowest BCUT2D eigenvalue weighted by Crippen LogP contribution is -2.45. The molecule has 0 spiro atoms. The Kier molecular flexibility index (Phi) is 6.31. The van der Waals surface area contributed by atoms with Crippen LogP contribution in [0.1, 0.15) is 29.9 Å². The minimum Gasteiger partial charge on any atom is -0.487 e. The minimum atomic E-state index is -0.693. The van der Waals surface area contributed by atoms with Crippen molar-refractivity contribution >= 4 is 23.2 Å². The van der Waals surface area contributed by atoms with Gasteiger partial charge in [0.2, 0.25) is 0 Å². The quantitative estimate of drug-likeness (QED) is 0.779. The number of carbonyl (C=O) groups is 2. The highest BCUT2D eigenvalue weighted by Crippen LogP contribution is 2.16. The van der Waals surface area contributed by atoms with E-state index < -0.39 is 12.0 Å². The van der Waals surface area contributed by atoms with Crippen LogP contribution >= 0.6 is 11.3 Å². The molecule has 1 heterocycles. The molecule has 1 atom stereocenters. The van der Waals surface area contributed by atoms with Gasteiger partial charge < -0.3 is 14.8 Å². The van der Waals surface area contributed by atoms with Gasteiger partial charge in [0, 0.05) is 10.9 Å². The molecule has 24 heavy (non-hydrogen) atoms. The lowest BCUT2D eigenvalue weighted by Gasteiger charge is -2.19. The van der Waals surface area contributed by atoms with E-state index in [-0.39, 0.29) is 11.8 Å². The van der Waals surface area contributed by atoms with Crippen LogP contribution in [0.5, 0.6) is 5.75 Å². The summed E-state index contributed by atoms with van der Waals surface area (Å²) < 4.78 is 10.4. The van der Waals surface area contributed by atoms with E-state index in [9.17, 15) is 9.59 Å². The number of thiazole rings is 1. The summed E-state index contributed by atoms with van der Waals surface area (Å²) in [6.45, 7) is 4.02. The first-order valence-corrected chi connectivity index (χ1v) is 8.44. The zero-order valence-electron chi connectivity index (χ0n) is 13.8. The number of amides is 1. The molecular weight excluding hydrogens is 328 g/mol. The maximum absolute atomic E-state index is 12.4. The minimum absolute atomic E-state index is 0.0782. The molecule has 0 radical (unpaired) electrons. The summed E-state index contributed by atoms with van der Waals surface area (Å²) in [6, 6.07) is 6.11. The van der Waals surface area contributed by atoms with E-state index in [0.29, 0.717) is 17.9 Å². The van der Waals surface area contributed by atoms with Crippen molar-refractivity contribution in [1.82, 2.24) is 10.3 Å². The van der Waals surface area contributed by atoms with Crippen molar-refractivity contribution in [1.29, 1.82) is 0 Å². The Labute approximate surface area is 144 Å². The van der Waals surface area contributed by atoms with Gasteiger partial charge in [0.05, 0.1) is 18.3 Å². The molecule has 0 aliphatic carbocycles. The normalized spacial score (nSPS) is 11.8. The molecule has 7 heteroatoms. The lowest BCUT2D eigenvalue weighted by molar-refractivity contribution is -0.144. The summed E-state index contributed by atoms with van der Waals surface area (Å²) in [5.41, 5.74) is 2.99. The van der Waals surface area contributed by atoms with E-state index in [1.165, 1.54) is 18.4 Å². The molecule has 0 saturated heterocycles. The second-order valence-electron chi connectivity index (χ2n) is 5.51. The van der Waals surface area contributed by atoms with Gasteiger partial charge in [0.15, 0.2) is 0 Å². The Balaban J connectivity index is 2.03. The van der Waals surface area contributed by atoms with E-state index in [1.54, 1.807) is 29.8 Å². The highest BCUT2D eigenvalue weighted by Gasteiger charge is 2.25. The summed E-state index contributed by atoms with van der Waals surface area (Å²) >= 11 is 1.50. The maximum Gasteiger partial charge on any atom is 0.328 e. The Morgan fingerprint density at radius 3 is 2.75 bits per heavy atom. The number of ether oxygens (including phenoxy) is 2. The van der Waals surface area contributed by atoms with Crippen LogP contribution in [0.2, 0.25) is 0 Å². The molecule has 128 valence electrons. The van der Waals surface area contributed by atoms with Gasteiger partial charge in [-0.25, -0.2) is 9.78 Å². The van der Waals surface area contributed by atoms with Gasteiger partial charge in [-0.3, -0.25) is 4.79 Å². The van der Waals surface area contributed by atoms with Crippen molar-refractivity contribution in [3.63, 3.8) is 0 Å². The third kappa shape index (κ3) is 4.79. The number of esters is 1. The first-order valence-electron chi connectivity index (χ1n) is 7.50. The fourth-order valence-electron chi connectivity index (χ4n) is 2.04. The fourth-order valence-corrected chi connectivity index (χ4v) is 2.59. The number of hydrogen-bond donors (Lipinski definition) is 1. The monoisotopic (exact) mass is 348 g/mol. The lowest BCUT2D eigenvalue weighted by atomic mass is 10.0. The molecule has 0 aliphatic heterocycles. The van der Waals surface area contributed by atoms with E-state index >= 15 is 0 Å². The number of rotatable bonds is 7. The van der Waals surface area contributed by atoms with Crippen LogP contribution in [0.4, 0.5) is 0 Å². The molecule has 1 aromatic heterocycles. The third-order valence-electron chi connectivity index (χ3n) is 3.37. The zero-order valence-corrected chi connectivity index (χ0v) is 14.6. The van der Waals surface area contributed by atoms with E-state index in [4.69, 9.17) is 9.47 Å². The van der Waals surface area contributed by atoms with E-state index in [1.807, 2.05) is 19.2 Å². The Bertz CT molecular complexity index is 686. The van der Waals surface area contributed by atoms with Crippen molar-refractivity contribution in [2.45, 2.75) is 26.5 Å². The summed E-state index contributed by atoms with van der Waals surface area (Å²) in [7, 11) is 1.30. The van der Waals surface area contributed by atoms with Crippen LogP contribution < -0.4 is 10.1 Å². The molecule has 2 rings (SSSR count). The molecule has 0 aliphatic rings. The van der Waals surface area contributed by atoms with Crippen LogP contribution in [0.25, 0.3) is 0 Å². The van der Waals surface area contributed by atoms with Crippen molar-refractivity contribution in [3.8, 4) is 5.75 Å². The number of nitrogens with one attached hydrogen (secondary N) is 1. The molecule has 1 N–H and O–H groups in total. The standard InChI is InChI=1S/C17H20N2O4S/c1-11(2)15(17(21)22-3)19-16(20)12-5-4-6-14(7-12)23-8-13-9-24-10-18-13/h4-7,9-11,15H,8H2,1-3H3,(H,19,20)/t15-/m0/s1. The van der Waals surface area contributed by atoms with E-state index in [2.05, 4.69) is 10.3 Å². The number of hydrogen-bond acceptors (Lipinski definition) is 6. The van der Waals surface area contributed by atoms with Crippen LogP contribution in [0.15, 0.2) is 35.2 Å². The van der Waals surface area contributed by atoms with Gasteiger partial charge in [0.1, 0.15) is 18.4 Å². The van der Waals surface area contributed by atoms with Gasteiger partial charge in [0.25, 0.3) is 5.91 Å². The predicted molar refractivity (Wildman–Crippen MR) is 91.0 cm³/mol. The molecule has 0 saturated carbocycles. The highest BCUT2D eigenvalue weighted by molar-refractivity contribution is 7.07. The van der Waals surface area contributed by atoms with Crippen LogP contribution in [-0.4, -0.2) is 30.0 Å². The predicted octanol–water partition coefficient (Wildman–Crippen LogP) is 2.65. The Hall–Kier alpha value is -2.41. The highest BCUT2D eigenvalue weighted by atomic mass is 32.1. The van der Waals surface area contributed by atoms with Crippen molar-refractivity contribution in [2.24, 2.45) is 5.92 Å². The summed E-state index contributed by atoms with van der Waals surface area (Å²) in [5, 5.41) is 4.60. The molecule has 2 aromatic rings. The largest absolute Gasteiger partial charge is 0.487 e. The second kappa shape index (κ2) is 8.44. The summed E-state index contributed by atoms with van der Waals surface area (Å²) in [4.78, 5) is 28.3. The SMILES string of the molecule is COC(=O)[C@@H](NC(=O)c1cccc(OCc2cscn2)c1)C(C)C. The molecular formula is C17H20N2O4S. The number of carbonyl (C=O) groups excluding carboxylic acids is 2. The Morgan fingerprint density at radius 2 is 2.12 bits per heavy atom. The summed E-state index contributed by atoms with van der Waals surface area (Å²) in [5.74, 6) is -0.326. The van der Waals surface area contributed by atoms with Gasteiger partial charge in [-0.1, -0.05) is 19.9 Å². The number of aromatic nitrogens is 1. The molecule has 1 amide bonds. The van der Waals surface area contributed by atoms with Crippen molar-refractivity contribution in [3.05, 3.63) is 46.4 Å². The maximum atomic E-state index is 12.4. The molecule has 1 aromatic carbocycles. The molecule has 0 bridgehead atoms. The first-order chi connectivity index (χ1) is 11.5. The third-order valence-corrected chi connectivity index (χ3v) is 4.01. The molecule has 6 nitrogen and oxygen atoms in total. The number of methoxy groups -OCH3 is 1. The topological polar surface area (TPSA) is 77.5 Å². The number of benzene rings is 1. The molecule has 0 unspecified atom stereocenters. The molecule has 0 fully saturated rings. The zero-order chi connectivity index (χ0) is 17.5. The van der Waals surface area contributed by atoms with Gasteiger partial charge in [-0.15, -0.1) is 11.3 Å². The average Bonchev–Trinajstić information content (AvgIpc) is 3.10. The Morgan fingerprint density at radius 1 is 1.33 bits per heavy atom. The van der Waals surface area contributed by atoms with Gasteiger partial charge >= 0.3 is 5.97 Å². The first kappa shape index (κ1) is 17.9. The van der Waals surface area contributed by atoms with Gasteiger partial charge in [-0.2, -0.15) is 0 Å². The average molecular weight is 348 g/mol. The second-order valence-corrected chi connectivity index (χ2v) is 6.23. The smallest absolute Gasteiger partial charge is 0.328 e. The summed E-state index contributed by atoms with van der Waals surface area (Å²) in [6.07, 6.45) is 0. The van der Waals surface area contributed by atoms with Crippen LogP contribution in [0.3, 0.4) is 0 Å². The van der Waals surface area contributed by atoms with Crippen LogP contribution in [-0.2, 0) is 16.1 Å². The van der Waals surface area contributed by atoms with E-state index in [0.717, 1.165) is 5.69 Å². The number of nitrogens with zero attached hydrogens (tertiary/aromatic N) is 1.